The van der Waals surface area contributed by atoms with Crippen molar-refractivity contribution < 1.29 is 20.1 Å². The summed E-state index contributed by atoms with van der Waals surface area (Å²) in [5.74, 6) is 0. The lowest BCUT2D eigenvalue weighted by Gasteiger charge is -2.37. The maximum absolute atomic E-state index is 8.51. The van der Waals surface area contributed by atoms with Gasteiger partial charge in [0.05, 0.1) is 25.2 Å². The van der Waals surface area contributed by atoms with Crippen LogP contribution in [0.3, 0.4) is 0 Å². The molecule has 1 fully saturated rings. The smallest absolute Gasteiger partial charge is 0.147 e. The minimum atomic E-state index is -0.886. The van der Waals surface area contributed by atoms with Crippen LogP contribution in [0.25, 0.3) is 0 Å². The van der Waals surface area contributed by atoms with E-state index < -0.39 is 32.6 Å². The zero-order valence-corrected chi connectivity index (χ0v) is 16.2. The molecule has 1 saturated heterocycles. The van der Waals surface area contributed by atoms with E-state index in [2.05, 4.69) is 39.0 Å². The molecule has 2 radical (unpaired) electrons. The van der Waals surface area contributed by atoms with E-state index in [-0.39, 0.29) is 13.7 Å². The van der Waals surface area contributed by atoms with Crippen molar-refractivity contribution in [1.82, 2.24) is 4.67 Å². The summed E-state index contributed by atoms with van der Waals surface area (Å²) >= 11 is 0. The molecule has 0 bridgehead atoms. The largest absolute Gasteiger partial charge is 0.379 e. The summed E-state index contributed by atoms with van der Waals surface area (Å²) in [4.78, 5) is 0. The van der Waals surface area contributed by atoms with Gasteiger partial charge in [0.1, 0.15) is 35.1 Å². The topological polar surface area (TPSA) is 64.0 Å². The first-order valence-corrected chi connectivity index (χ1v) is 9.94. The molecule has 5 atom stereocenters. The van der Waals surface area contributed by atoms with Crippen LogP contribution in [0.4, 0.5) is 0 Å². The highest BCUT2D eigenvalue weighted by molar-refractivity contribution is 7.49. The minimum Gasteiger partial charge on any atom is -0.379 e. The van der Waals surface area contributed by atoms with Gasteiger partial charge in [-0.15, -0.1) is 0 Å². The highest BCUT2D eigenvalue weighted by atomic mass is 31.2. The molecular weight excluding hydrogens is 326 g/mol. The molecule has 0 aromatic carbocycles. The molecular formula is C16H30BN2O4P. The van der Waals surface area contributed by atoms with Gasteiger partial charge in [-0.25, -0.2) is 0 Å². The van der Waals surface area contributed by atoms with Crippen molar-refractivity contribution in [3.63, 3.8) is 0 Å². The second-order valence-corrected chi connectivity index (χ2v) is 7.91. The van der Waals surface area contributed by atoms with Crippen molar-refractivity contribution in [2.24, 2.45) is 0 Å². The molecule has 1 rings (SSSR count). The summed E-state index contributed by atoms with van der Waals surface area (Å²) in [5.41, 5.74) is 0. The van der Waals surface area contributed by atoms with Crippen molar-refractivity contribution in [2.75, 3.05) is 20.1 Å². The Hall–Kier alpha value is -0.215. The van der Waals surface area contributed by atoms with E-state index in [0.717, 1.165) is 0 Å². The lowest BCUT2D eigenvalue weighted by atomic mass is 9.93. The predicted octanol–water partition coefficient (Wildman–Crippen LogP) is 2.62. The average molecular weight is 357 g/mol. The summed E-state index contributed by atoms with van der Waals surface area (Å²) < 4.78 is 32.9. The zero-order chi connectivity index (χ0) is 19.0. The predicted molar refractivity (Wildman–Crippen MR) is 95.8 cm³/mol. The van der Waals surface area contributed by atoms with Gasteiger partial charge >= 0.3 is 0 Å². The molecule has 0 aliphatic carbocycles. The third-order valence-electron chi connectivity index (χ3n) is 3.71. The first kappa shape index (κ1) is 20.1. The van der Waals surface area contributed by atoms with Gasteiger partial charge in [0.15, 0.2) is 0 Å². The lowest BCUT2D eigenvalue weighted by molar-refractivity contribution is -0.111. The van der Waals surface area contributed by atoms with Gasteiger partial charge in [0.25, 0.3) is 0 Å². The Morgan fingerprint density at radius 1 is 1.33 bits per heavy atom. The van der Waals surface area contributed by atoms with Crippen LogP contribution in [-0.4, -0.2) is 69.0 Å². The summed E-state index contributed by atoms with van der Waals surface area (Å²) in [7, 11) is 5.14. The third-order valence-corrected chi connectivity index (χ3v) is 5.83. The van der Waals surface area contributed by atoms with Gasteiger partial charge in [0, 0.05) is 19.5 Å². The summed E-state index contributed by atoms with van der Waals surface area (Å²) in [5, 5.41) is 8.51. The highest BCUT2D eigenvalue weighted by Gasteiger charge is 2.43. The van der Waals surface area contributed by atoms with Crippen molar-refractivity contribution >= 4 is 16.1 Å². The van der Waals surface area contributed by atoms with Crippen molar-refractivity contribution in [1.29, 1.82) is 5.26 Å². The molecule has 0 saturated carbocycles. The second kappa shape index (κ2) is 10.7. The van der Waals surface area contributed by atoms with Crippen molar-refractivity contribution in [3.8, 4) is 6.07 Å². The van der Waals surface area contributed by atoms with Crippen LogP contribution in [0.15, 0.2) is 0 Å². The van der Waals surface area contributed by atoms with E-state index in [0.29, 0.717) is 25.1 Å². The number of rotatable bonds is 10. The quantitative estimate of drug-likeness (QED) is 0.259. The summed E-state index contributed by atoms with van der Waals surface area (Å²) in [6, 6.07) is 2.04. The summed E-state index contributed by atoms with van der Waals surface area (Å²) in [6.07, 6.45) is -1.03. The molecule has 24 heavy (non-hydrogen) atoms. The number of hydrogen-bond acceptors (Lipinski definition) is 6. The van der Waals surface area contributed by atoms with E-state index in [1.807, 2.05) is 6.07 Å². The third kappa shape index (κ3) is 6.26. The van der Waals surface area contributed by atoms with Crippen LogP contribution in [0, 0.1) is 11.3 Å². The Labute approximate surface area is 150 Å². The van der Waals surface area contributed by atoms with E-state index >= 15 is 0 Å². The molecule has 2 unspecified atom stereocenters. The van der Waals surface area contributed by atoms with E-state index in [1.54, 1.807) is 0 Å². The molecule has 0 N–H and O–H groups in total. The SMILES string of the molecule is [2H]C[C@H]1O[C@@H]([B])[C@@H](OCOCCC#N)C1OP(C)N(C(C)C)C(C)C. The number of ether oxygens (including phenoxy) is 3. The van der Waals surface area contributed by atoms with Gasteiger partial charge in [-0.1, -0.05) is 0 Å². The Kier molecular flexibility index (Phi) is 8.96. The Balaban J connectivity index is 2.71. The number of nitrogens with zero attached hydrogens (tertiary/aromatic N) is 2. The van der Waals surface area contributed by atoms with Crippen LogP contribution in [-0.2, 0) is 18.7 Å². The molecule has 8 heteroatoms. The first-order chi connectivity index (χ1) is 11.8. The minimum absolute atomic E-state index is 0.0215. The Bertz CT molecular complexity index is 419. The standard InChI is InChI=1S/C16H30BN2O4P/c1-11(2)19(12(3)4)24(6)23-14-13(5)22-16(17)15(14)21-10-20-9-7-8-18/h11-16H,7,9-10H2,1-6H3/t13-,14?,15+,16-,24?/m1/s1/i5D. The molecule has 1 aliphatic rings. The van der Waals surface area contributed by atoms with Crippen LogP contribution < -0.4 is 0 Å². The maximum Gasteiger partial charge on any atom is 0.147 e. The van der Waals surface area contributed by atoms with Gasteiger partial charge in [0.2, 0.25) is 0 Å². The molecule has 0 aromatic rings. The van der Waals surface area contributed by atoms with Gasteiger partial charge in [-0.2, -0.15) is 5.26 Å². The average Bonchev–Trinajstić information content (AvgIpc) is 2.82. The Morgan fingerprint density at radius 3 is 2.54 bits per heavy atom. The van der Waals surface area contributed by atoms with Crippen molar-refractivity contribution in [2.45, 2.75) is 77.4 Å². The number of hydrogen-bond donors (Lipinski definition) is 0. The molecule has 0 spiro atoms. The molecule has 0 aromatic heterocycles. The monoisotopic (exact) mass is 357 g/mol. The van der Waals surface area contributed by atoms with Crippen LogP contribution in [0.5, 0.6) is 0 Å². The highest BCUT2D eigenvalue weighted by Crippen LogP contribution is 2.45. The lowest BCUT2D eigenvalue weighted by Crippen LogP contribution is -2.39. The summed E-state index contributed by atoms with van der Waals surface area (Å²) in [6.45, 7) is 11.0. The van der Waals surface area contributed by atoms with Crippen LogP contribution in [0.1, 0.15) is 42.4 Å². The molecule has 1 heterocycles. The first-order valence-electron chi connectivity index (χ1n) is 8.99. The molecule has 6 nitrogen and oxygen atoms in total. The van der Waals surface area contributed by atoms with Crippen LogP contribution in [0.2, 0.25) is 0 Å². The Morgan fingerprint density at radius 2 is 2.00 bits per heavy atom. The van der Waals surface area contributed by atoms with Gasteiger partial charge < -0.3 is 18.7 Å². The number of nitriles is 1. The fourth-order valence-corrected chi connectivity index (χ4v) is 4.87. The zero-order valence-electron chi connectivity index (χ0n) is 16.3. The van der Waals surface area contributed by atoms with Gasteiger partial charge in [-0.3, -0.25) is 4.67 Å². The molecule has 136 valence electrons. The van der Waals surface area contributed by atoms with Gasteiger partial charge in [-0.05, 0) is 41.3 Å². The normalized spacial score (nSPS) is 29.2. The van der Waals surface area contributed by atoms with E-state index in [4.69, 9.17) is 33.2 Å². The van der Waals surface area contributed by atoms with Crippen LogP contribution >= 0.6 is 8.30 Å². The second-order valence-electron chi connectivity index (χ2n) is 6.31. The molecule has 0 amide bonds. The molecule has 1 aliphatic heterocycles. The maximum atomic E-state index is 8.51. The van der Waals surface area contributed by atoms with E-state index in [1.165, 1.54) is 0 Å². The fraction of sp³-hybridized carbons (Fsp3) is 0.938. The fourth-order valence-electron chi connectivity index (χ4n) is 2.85. The van der Waals surface area contributed by atoms with E-state index in [9.17, 15) is 0 Å². The van der Waals surface area contributed by atoms with Crippen molar-refractivity contribution in [3.05, 3.63) is 0 Å².